The van der Waals surface area contributed by atoms with Gasteiger partial charge in [0, 0.05) is 62.4 Å². The Morgan fingerprint density at radius 2 is 1.78 bits per heavy atom. The van der Waals surface area contributed by atoms with Crippen molar-refractivity contribution < 1.29 is 19.0 Å². The van der Waals surface area contributed by atoms with Crippen molar-refractivity contribution in [3.05, 3.63) is 96.1 Å². The predicted octanol–water partition coefficient (Wildman–Crippen LogP) is 7.19. The Balaban J connectivity index is 1.26. The van der Waals surface area contributed by atoms with E-state index in [0.717, 1.165) is 91.6 Å². The first-order chi connectivity index (χ1) is 22.0. The summed E-state index contributed by atoms with van der Waals surface area (Å²) in [5.41, 5.74) is 7.11. The minimum atomic E-state index is -0.0664. The number of nitrogens with zero attached hydrogens (tertiary/aromatic N) is 2. The summed E-state index contributed by atoms with van der Waals surface area (Å²) in [5, 5.41) is 3.14. The topological polar surface area (TPSA) is 63.3 Å². The van der Waals surface area contributed by atoms with Crippen LogP contribution in [-0.2, 0) is 20.8 Å². The summed E-state index contributed by atoms with van der Waals surface area (Å²) in [6.45, 7) is 11.9. The maximum absolute atomic E-state index is 13.5. The van der Waals surface area contributed by atoms with Crippen LogP contribution in [0.25, 0.3) is 17.2 Å². The maximum atomic E-state index is 13.5. The van der Waals surface area contributed by atoms with Crippen LogP contribution in [0.1, 0.15) is 43.7 Å². The largest absolute Gasteiger partial charge is 0.491 e. The average molecular weight is 610 g/mol. The molecule has 1 N–H and O–H groups in total. The number of nitrogens with one attached hydrogen (secondary N) is 1. The molecule has 2 heterocycles. The molecule has 0 radical (unpaired) electrons. The lowest BCUT2D eigenvalue weighted by molar-refractivity contribution is -0.112. The Kier molecular flexibility index (Phi) is 11.8. The highest BCUT2D eigenvalue weighted by molar-refractivity contribution is 6.07. The van der Waals surface area contributed by atoms with E-state index in [-0.39, 0.29) is 5.91 Å². The number of benzene rings is 3. The molecule has 3 aromatic carbocycles. The summed E-state index contributed by atoms with van der Waals surface area (Å²) < 4.78 is 16.8. The van der Waals surface area contributed by atoms with Crippen molar-refractivity contribution in [3.63, 3.8) is 0 Å². The van der Waals surface area contributed by atoms with Crippen LogP contribution < -0.4 is 15.0 Å². The number of fused-ring (bicyclic) bond motifs is 1. The molecule has 2 aliphatic heterocycles. The zero-order valence-corrected chi connectivity index (χ0v) is 26.8. The molecule has 0 bridgehead atoms. The second-order valence-corrected chi connectivity index (χ2v) is 11.8. The Morgan fingerprint density at radius 1 is 1.02 bits per heavy atom. The molecule has 1 amide bonds. The van der Waals surface area contributed by atoms with Gasteiger partial charge in [-0.15, -0.1) is 6.58 Å². The van der Waals surface area contributed by atoms with Crippen LogP contribution in [0.4, 0.5) is 11.4 Å². The third-order valence-corrected chi connectivity index (χ3v) is 8.48. The molecule has 0 aromatic heterocycles. The molecule has 5 rings (SSSR count). The van der Waals surface area contributed by atoms with E-state index in [1.54, 1.807) is 0 Å². The van der Waals surface area contributed by atoms with E-state index in [1.165, 1.54) is 5.56 Å². The van der Waals surface area contributed by atoms with Crippen LogP contribution in [0, 0.1) is 0 Å². The van der Waals surface area contributed by atoms with E-state index >= 15 is 0 Å². The first-order valence-corrected chi connectivity index (χ1v) is 16.2. The number of hydrogen-bond donors (Lipinski definition) is 1. The zero-order valence-electron chi connectivity index (χ0n) is 26.8. The van der Waals surface area contributed by atoms with E-state index in [2.05, 4.69) is 78.1 Å². The Bertz CT molecular complexity index is 1430. The zero-order chi connectivity index (χ0) is 31.4. The minimum absolute atomic E-state index is 0.0664. The second kappa shape index (κ2) is 16.4. The predicted molar refractivity (Wildman–Crippen MR) is 184 cm³/mol. The van der Waals surface area contributed by atoms with Crippen molar-refractivity contribution in [2.24, 2.45) is 0 Å². The maximum Gasteiger partial charge on any atom is 0.251 e. The van der Waals surface area contributed by atoms with Crippen molar-refractivity contribution in [1.29, 1.82) is 0 Å². The number of carbonyl (C=O) groups is 1. The number of ether oxygens (including phenoxy) is 3. The van der Waals surface area contributed by atoms with E-state index in [0.29, 0.717) is 32.2 Å². The SMILES string of the molecule is C=CCN1CCC(C(=O)Nc2ccc(CN(C)C3CCOCC3)cc2)=Cc2cc(-c3ccc(OCCOCCC)cc3)ccc21. The lowest BCUT2D eigenvalue weighted by Gasteiger charge is -2.31. The molecule has 1 saturated heterocycles. The first-order valence-electron chi connectivity index (χ1n) is 16.2. The number of carbonyl (C=O) groups excluding carboxylic acids is 1. The van der Waals surface area contributed by atoms with Crippen LogP contribution in [0.2, 0.25) is 0 Å². The van der Waals surface area contributed by atoms with Gasteiger partial charge in [-0.1, -0.05) is 43.3 Å². The number of rotatable bonds is 14. The lowest BCUT2D eigenvalue weighted by atomic mass is 10.00. The van der Waals surface area contributed by atoms with E-state index in [9.17, 15) is 4.79 Å². The summed E-state index contributed by atoms with van der Waals surface area (Å²) in [7, 11) is 2.18. The van der Waals surface area contributed by atoms with Crippen LogP contribution in [0.15, 0.2) is 85.0 Å². The molecule has 0 aliphatic carbocycles. The van der Waals surface area contributed by atoms with Gasteiger partial charge >= 0.3 is 0 Å². The quantitative estimate of drug-likeness (QED) is 0.154. The Hall–Kier alpha value is -3.91. The highest BCUT2D eigenvalue weighted by Gasteiger charge is 2.21. The summed E-state index contributed by atoms with van der Waals surface area (Å²) in [6.07, 6.45) is 7.76. The number of anilines is 2. The molecule has 0 unspecified atom stereocenters. The highest BCUT2D eigenvalue weighted by atomic mass is 16.5. The van der Waals surface area contributed by atoms with Crippen molar-refractivity contribution >= 4 is 23.4 Å². The molecule has 7 nitrogen and oxygen atoms in total. The van der Waals surface area contributed by atoms with Gasteiger partial charge in [-0.05, 0) is 97.5 Å². The third-order valence-electron chi connectivity index (χ3n) is 8.48. The molecule has 0 spiro atoms. The van der Waals surface area contributed by atoms with Crippen LogP contribution in [-0.4, -0.2) is 70.0 Å². The Labute approximate surface area is 268 Å². The smallest absolute Gasteiger partial charge is 0.251 e. The van der Waals surface area contributed by atoms with Gasteiger partial charge < -0.3 is 24.4 Å². The summed E-state index contributed by atoms with van der Waals surface area (Å²) in [6, 6.07) is 23.4. The van der Waals surface area contributed by atoms with E-state index in [1.807, 2.05) is 36.4 Å². The van der Waals surface area contributed by atoms with Crippen molar-refractivity contribution in [1.82, 2.24) is 4.90 Å². The Morgan fingerprint density at radius 3 is 2.51 bits per heavy atom. The second-order valence-electron chi connectivity index (χ2n) is 11.8. The fourth-order valence-electron chi connectivity index (χ4n) is 5.95. The molecule has 0 atom stereocenters. The molecule has 0 saturated carbocycles. The van der Waals surface area contributed by atoms with Gasteiger partial charge in [-0.2, -0.15) is 0 Å². The molecule has 45 heavy (non-hydrogen) atoms. The fraction of sp³-hybridized carbons (Fsp3) is 0.395. The number of hydrogen-bond acceptors (Lipinski definition) is 6. The van der Waals surface area contributed by atoms with E-state index in [4.69, 9.17) is 14.2 Å². The summed E-state index contributed by atoms with van der Waals surface area (Å²) in [4.78, 5) is 18.2. The van der Waals surface area contributed by atoms with Gasteiger partial charge in [0.1, 0.15) is 12.4 Å². The van der Waals surface area contributed by atoms with Crippen molar-refractivity contribution in [3.8, 4) is 16.9 Å². The van der Waals surface area contributed by atoms with E-state index < -0.39 is 0 Å². The fourth-order valence-corrected chi connectivity index (χ4v) is 5.95. The first kappa shape index (κ1) is 32.5. The van der Waals surface area contributed by atoms with Gasteiger partial charge in [-0.3, -0.25) is 9.69 Å². The van der Waals surface area contributed by atoms with Gasteiger partial charge in [0.05, 0.1) is 6.61 Å². The van der Waals surface area contributed by atoms with Gasteiger partial charge in [-0.25, -0.2) is 0 Å². The van der Waals surface area contributed by atoms with Gasteiger partial charge in [0.15, 0.2) is 0 Å². The lowest BCUT2D eigenvalue weighted by Crippen LogP contribution is -2.36. The monoisotopic (exact) mass is 609 g/mol. The average Bonchev–Trinajstić information content (AvgIpc) is 3.25. The summed E-state index contributed by atoms with van der Waals surface area (Å²) in [5.74, 6) is 0.757. The molecule has 3 aromatic rings. The van der Waals surface area contributed by atoms with Crippen molar-refractivity contribution in [2.45, 2.75) is 45.2 Å². The molecule has 7 heteroatoms. The van der Waals surface area contributed by atoms with Crippen LogP contribution in [0.5, 0.6) is 5.75 Å². The van der Waals surface area contributed by atoms with Gasteiger partial charge in [0.25, 0.3) is 5.91 Å². The summed E-state index contributed by atoms with van der Waals surface area (Å²) >= 11 is 0. The molecule has 238 valence electrons. The molecule has 1 fully saturated rings. The number of amides is 1. The standard InChI is InChI=1S/C38H47N3O4/c1-4-19-41-20-16-32(38(42)39-34-11-6-29(7-12-34)28-40(3)35-17-22-44-23-18-35)27-33-26-31(10-15-37(33)41)30-8-13-36(14-9-30)45-25-24-43-21-5-2/h4,6-15,26-27,35H,1,5,16-25,28H2,2-3H3,(H,39,42). The molecular formula is C38H47N3O4. The highest BCUT2D eigenvalue weighted by Crippen LogP contribution is 2.33. The molecule has 2 aliphatic rings. The molecular weight excluding hydrogens is 562 g/mol. The minimum Gasteiger partial charge on any atom is -0.491 e. The van der Waals surface area contributed by atoms with Crippen LogP contribution in [0.3, 0.4) is 0 Å². The van der Waals surface area contributed by atoms with Crippen molar-refractivity contribution in [2.75, 3.05) is 63.4 Å². The third kappa shape index (κ3) is 9.07. The van der Waals surface area contributed by atoms with Crippen LogP contribution >= 0.6 is 0 Å². The normalized spacial score (nSPS) is 15.3. The van der Waals surface area contributed by atoms with Gasteiger partial charge in [0.2, 0.25) is 0 Å².